The van der Waals surface area contributed by atoms with Crippen LogP contribution >= 0.6 is 31.9 Å². The van der Waals surface area contributed by atoms with Crippen molar-refractivity contribution in [2.45, 2.75) is 57.3 Å². The van der Waals surface area contributed by atoms with Crippen molar-refractivity contribution < 1.29 is 9.84 Å². The maximum atomic E-state index is 12.8. The first kappa shape index (κ1) is 25.1. The molecular weight excluding hydrogens is 592 g/mol. The van der Waals surface area contributed by atoms with Crippen molar-refractivity contribution >= 4 is 31.9 Å². The fourth-order valence-electron chi connectivity index (χ4n) is 5.66. The zero-order chi connectivity index (χ0) is 25.9. The third-order valence-electron chi connectivity index (χ3n) is 7.56. The fourth-order valence-corrected chi connectivity index (χ4v) is 6.38. The van der Waals surface area contributed by atoms with Gasteiger partial charge in [-0.2, -0.15) is 5.10 Å². The zero-order valence-corrected chi connectivity index (χ0v) is 24.4. The van der Waals surface area contributed by atoms with Gasteiger partial charge < -0.3 is 9.84 Å². The molecule has 1 saturated heterocycles. The summed E-state index contributed by atoms with van der Waals surface area (Å²) in [6.07, 6.45) is 3.00. The van der Waals surface area contributed by atoms with Gasteiger partial charge in [0.2, 0.25) is 0 Å². The van der Waals surface area contributed by atoms with Gasteiger partial charge in [-0.1, -0.05) is 89.0 Å². The van der Waals surface area contributed by atoms with Gasteiger partial charge in [-0.15, -0.1) is 0 Å². The normalized spacial score (nSPS) is 18.5. The number of nitrogens with zero attached hydrogens (tertiary/aromatic N) is 2. The van der Waals surface area contributed by atoms with E-state index in [0.29, 0.717) is 0 Å². The molecule has 190 valence electrons. The molecule has 4 nitrogen and oxygen atoms in total. The summed E-state index contributed by atoms with van der Waals surface area (Å²) in [5, 5.41) is 17.9. The third-order valence-corrected chi connectivity index (χ3v) is 8.54. The third kappa shape index (κ3) is 4.13. The Bertz CT molecular complexity index is 1440. The number of rotatable bonds is 3. The molecule has 1 aliphatic carbocycles. The molecule has 0 spiro atoms. The number of aliphatic hydroxyl groups is 1. The van der Waals surface area contributed by atoms with Gasteiger partial charge in [-0.25, -0.2) is 4.68 Å². The van der Waals surface area contributed by atoms with Gasteiger partial charge in [-0.3, -0.25) is 0 Å². The minimum atomic E-state index is -1.33. The molecule has 3 aromatic carbocycles. The second-order valence-corrected chi connectivity index (χ2v) is 12.9. The minimum absolute atomic E-state index is 0.117. The Morgan fingerprint density at radius 2 is 1.51 bits per heavy atom. The highest BCUT2D eigenvalue weighted by atomic mass is 79.9. The lowest BCUT2D eigenvalue weighted by Crippen LogP contribution is -2.28. The highest BCUT2D eigenvalue weighted by Crippen LogP contribution is 2.54. The van der Waals surface area contributed by atoms with Crippen LogP contribution in [0.15, 0.2) is 75.7 Å². The molecule has 1 aromatic heterocycles. The Labute approximate surface area is 234 Å². The van der Waals surface area contributed by atoms with E-state index in [1.165, 1.54) is 0 Å². The summed E-state index contributed by atoms with van der Waals surface area (Å²) in [5.41, 5.74) is 6.16. The number of fused-ring (bicyclic) bond motifs is 3. The predicted octanol–water partition coefficient (Wildman–Crippen LogP) is 8.34. The van der Waals surface area contributed by atoms with Crippen LogP contribution < -0.4 is 0 Å². The highest BCUT2D eigenvalue weighted by molar-refractivity contribution is 9.10. The second kappa shape index (κ2) is 9.19. The SMILES string of the molecule is CC(C)(C)c1cc(-c2ccccc2C2(O)c3cc(Br)ccc3-c3ccc(Br)cc32)n(C2CCCCO2)n1. The molecule has 0 radical (unpaired) electrons. The van der Waals surface area contributed by atoms with E-state index in [0.717, 1.165) is 79.6 Å². The summed E-state index contributed by atoms with van der Waals surface area (Å²) < 4.78 is 10.1. The van der Waals surface area contributed by atoms with Crippen LogP contribution in [0.25, 0.3) is 22.4 Å². The monoisotopic (exact) mass is 620 g/mol. The first-order valence-electron chi connectivity index (χ1n) is 12.8. The molecule has 1 aliphatic heterocycles. The largest absolute Gasteiger partial charge is 0.376 e. The first-order valence-corrected chi connectivity index (χ1v) is 14.4. The standard InChI is InChI=1S/C31H30Br2N2O2/c1-30(2,3)28-18-27(35(34-28)29-10-6-7-15-37-29)23-8-4-5-9-24(23)31(36)25-16-19(32)11-13-21(25)22-14-12-20(33)17-26(22)31/h4-5,8-9,11-14,16-18,29,36H,6-7,10,15H2,1-3H3. The van der Waals surface area contributed by atoms with Gasteiger partial charge in [-0.05, 0) is 60.7 Å². The molecule has 6 rings (SSSR count). The molecule has 6 heteroatoms. The molecule has 1 atom stereocenters. The van der Waals surface area contributed by atoms with E-state index < -0.39 is 5.60 Å². The summed E-state index contributed by atoms with van der Waals surface area (Å²) >= 11 is 7.30. The molecule has 0 bridgehead atoms. The smallest absolute Gasteiger partial charge is 0.150 e. The van der Waals surface area contributed by atoms with Gasteiger partial charge in [0, 0.05) is 43.2 Å². The van der Waals surface area contributed by atoms with Crippen LogP contribution in [0.3, 0.4) is 0 Å². The molecule has 37 heavy (non-hydrogen) atoms. The Morgan fingerprint density at radius 3 is 2.11 bits per heavy atom. The van der Waals surface area contributed by atoms with Crippen LogP contribution in [0, 0.1) is 0 Å². The van der Waals surface area contributed by atoms with E-state index in [9.17, 15) is 5.11 Å². The number of benzene rings is 3. The summed E-state index contributed by atoms with van der Waals surface area (Å²) in [5.74, 6) is 0. The summed E-state index contributed by atoms with van der Waals surface area (Å²) in [6, 6.07) is 22.7. The molecule has 1 unspecified atom stereocenters. The Balaban J connectivity index is 1.62. The molecule has 1 N–H and O–H groups in total. The quantitative estimate of drug-likeness (QED) is 0.250. The number of aromatic nitrogens is 2. The van der Waals surface area contributed by atoms with Crippen molar-refractivity contribution in [1.82, 2.24) is 9.78 Å². The Hall–Kier alpha value is -2.25. The Morgan fingerprint density at radius 1 is 0.865 bits per heavy atom. The highest BCUT2D eigenvalue weighted by Gasteiger charge is 2.45. The zero-order valence-electron chi connectivity index (χ0n) is 21.3. The van der Waals surface area contributed by atoms with E-state index in [2.05, 4.69) is 81.6 Å². The summed E-state index contributed by atoms with van der Waals surface area (Å²) in [6.45, 7) is 7.29. The molecule has 4 aromatic rings. The topological polar surface area (TPSA) is 47.3 Å². The van der Waals surface area contributed by atoms with Crippen LogP contribution in [-0.2, 0) is 15.8 Å². The van der Waals surface area contributed by atoms with Gasteiger partial charge in [0.15, 0.2) is 6.23 Å². The molecule has 1 fully saturated rings. The van der Waals surface area contributed by atoms with E-state index in [-0.39, 0.29) is 11.6 Å². The minimum Gasteiger partial charge on any atom is -0.376 e. The van der Waals surface area contributed by atoms with Crippen molar-refractivity contribution in [2.24, 2.45) is 0 Å². The molecule has 0 saturated carbocycles. The lowest BCUT2D eigenvalue weighted by Gasteiger charge is -2.30. The average molecular weight is 622 g/mol. The lowest BCUT2D eigenvalue weighted by molar-refractivity contribution is -0.0387. The molecule has 0 amide bonds. The lowest BCUT2D eigenvalue weighted by atomic mass is 9.81. The number of hydrogen-bond donors (Lipinski definition) is 1. The number of hydrogen-bond acceptors (Lipinski definition) is 3. The van der Waals surface area contributed by atoms with Crippen molar-refractivity contribution in [3.05, 3.63) is 98.1 Å². The fraction of sp³-hybridized carbons (Fsp3) is 0.323. The van der Waals surface area contributed by atoms with Gasteiger partial charge in [0.25, 0.3) is 0 Å². The van der Waals surface area contributed by atoms with Crippen LogP contribution in [0.1, 0.15) is 68.6 Å². The number of halogens is 2. The van der Waals surface area contributed by atoms with Gasteiger partial charge in [0.05, 0.1) is 11.4 Å². The summed E-state index contributed by atoms with van der Waals surface area (Å²) in [4.78, 5) is 0. The van der Waals surface area contributed by atoms with Crippen LogP contribution in [0.5, 0.6) is 0 Å². The van der Waals surface area contributed by atoms with Gasteiger partial charge in [0.1, 0.15) is 5.60 Å². The van der Waals surface area contributed by atoms with Crippen LogP contribution in [0.2, 0.25) is 0 Å². The second-order valence-electron chi connectivity index (χ2n) is 11.1. The first-order chi connectivity index (χ1) is 17.7. The van der Waals surface area contributed by atoms with Crippen molar-refractivity contribution in [1.29, 1.82) is 0 Å². The van der Waals surface area contributed by atoms with Crippen molar-refractivity contribution in [3.63, 3.8) is 0 Å². The summed E-state index contributed by atoms with van der Waals surface area (Å²) in [7, 11) is 0. The van der Waals surface area contributed by atoms with E-state index >= 15 is 0 Å². The number of ether oxygens (including phenoxy) is 1. The molecular formula is C31H30Br2N2O2. The average Bonchev–Trinajstić information content (AvgIpc) is 3.44. The van der Waals surface area contributed by atoms with E-state index in [1.54, 1.807) is 0 Å². The predicted molar refractivity (Wildman–Crippen MR) is 155 cm³/mol. The van der Waals surface area contributed by atoms with Crippen molar-refractivity contribution in [3.8, 4) is 22.4 Å². The Kier molecular flexibility index (Phi) is 6.22. The maximum absolute atomic E-state index is 12.8. The van der Waals surface area contributed by atoms with Crippen LogP contribution in [0.4, 0.5) is 0 Å². The van der Waals surface area contributed by atoms with E-state index in [4.69, 9.17) is 9.84 Å². The van der Waals surface area contributed by atoms with Crippen molar-refractivity contribution in [2.75, 3.05) is 6.61 Å². The van der Waals surface area contributed by atoms with E-state index in [1.807, 2.05) is 42.5 Å². The maximum Gasteiger partial charge on any atom is 0.150 e. The molecule has 2 heterocycles. The van der Waals surface area contributed by atoms with Crippen LogP contribution in [-0.4, -0.2) is 21.5 Å². The molecule has 2 aliphatic rings. The van der Waals surface area contributed by atoms with Gasteiger partial charge >= 0.3 is 0 Å².